The molecular formula is C59H81NO10. The quantitative estimate of drug-likeness (QED) is 0.0505. The molecule has 6 rings (SSSR count). The van der Waals surface area contributed by atoms with E-state index in [2.05, 4.69) is 6.92 Å². The number of ether oxygens (including phenoxy) is 7. The molecule has 4 aromatic rings. The third-order valence-corrected chi connectivity index (χ3v) is 13.2. The summed E-state index contributed by atoms with van der Waals surface area (Å²) >= 11 is 0. The second-order valence-corrected chi connectivity index (χ2v) is 20.1. The topological polar surface area (TPSA) is 122 Å². The van der Waals surface area contributed by atoms with Crippen LogP contribution in [0.2, 0.25) is 0 Å². The van der Waals surface area contributed by atoms with E-state index >= 15 is 0 Å². The number of benzene rings is 4. The summed E-state index contributed by atoms with van der Waals surface area (Å²) in [4.78, 5) is 28.7. The molecule has 4 aromatic carbocycles. The predicted octanol–water partition coefficient (Wildman–Crippen LogP) is 13.1. The van der Waals surface area contributed by atoms with E-state index in [1.165, 1.54) is 57.8 Å². The molecule has 2 aliphatic rings. The maximum atomic E-state index is 13.9. The molecule has 11 nitrogen and oxygen atoms in total. The van der Waals surface area contributed by atoms with Crippen molar-refractivity contribution in [2.45, 2.75) is 205 Å². The molecule has 2 saturated heterocycles. The average Bonchev–Trinajstić information content (AvgIpc) is 3.71. The highest BCUT2D eigenvalue weighted by molar-refractivity contribution is 5.90. The highest BCUT2D eigenvalue weighted by Crippen LogP contribution is 2.36. The Kier molecular flexibility index (Phi) is 23.2. The molecule has 382 valence electrons. The molecule has 1 N–H and O–H groups in total. The monoisotopic (exact) mass is 964 g/mol. The van der Waals surface area contributed by atoms with E-state index in [4.69, 9.17) is 33.2 Å². The lowest BCUT2D eigenvalue weighted by Crippen LogP contribution is -2.61. The molecule has 70 heavy (non-hydrogen) atoms. The van der Waals surface area contributed by atoms with Crippen LogP contribution in [-0.2, 0) is 59.6 Å². The Morgan fingerprint density at radius 2 is 1.01 bits per heavy atom. The van der Waals surface area contributed by atoms with Gasteiger partial charge in [-0.1, -0.05) is 205 Å². The Morgan fingerprint density at radius 1 is 0.586 bits per heavy atom. The molecule has 2 aliphatic heterocycles. The van der Waals surface area contributed by atoms with Crippen LogP contribution >= 0.6 is 0 Å². The molecule has 0 spiro atoms. The lowest BCUT2D eigenvalue weighted by atomic mass is 9.89. The van der Waals surface area contributed by atoms with Crippen molar-refractivity contribution in [3.63, 3.8) is 0 Å². The summed E-state index contributed by atoms with van der Waals surface area (Å²) in [6, 6.07) is 39.2. The van der Waals surface area contributed by atoms with Gasteiger partial charge in [-0.25, -0.2) is 14.5 Å². The van der Waals surface area contributed by atoms with Crippen LogP contribution in [0.15, 0.2) is 121 Å². The van der Waals surface area contributed by atoms with Crippen molar-refractivity contribution >= 4 is 12.2 Å². The molecule has 2 fully saturated rings. The number of carbonyl (C=O) groups excluding carboxylic acids is 2. The Labute approximate surface area is 418 Å². The van der Waals surface area contributed by atoms with Gasteiger partial charge in [0.25, 0.3) is 0 Å². The number of carbonyl (C=O) groups is 2. The van der Waals surface area contributed by atoms with Gasteiger partial charge in [0, 0.05) is 0 Å². The minimum absolute atomic E-state index is 0.191. The summed E-state index contributed by atoms with van der Waals surface area (Å²) in [5.74, 6) is 0. The van der Waals surface area contributed by atoms with Crippen LogP contribution < -0.4 is 0 Å². The van der Waals surface area contributed by atoms with Gasteiger partial charge in [-0.3, -0.25) is 0 Å². The van der Waals surface area contributed by atoms with Crippen molar-refractivity contribution in [3.8, 4) is 0 Å². The van der Waals surface area contributed by atoms with Gasteiger partial charge in [0.1, 0.15) is 30.0 Å². The number of rotatable bonds is 30. The first kappa shape index (κ1) is 54.7. The Bertz CT molecular complexity index is 2030. The first-order chi connectivity index (χ1) is 34.1. The Hall–Kier alpha value is -4.62. The number of cyclic esters (lactones) is 1. The van der Waals surface area contributed by atoms with Gasteiger partial charge in [0.15, 0.2) is 6.10 Å². The van der Waals surface area contributed by atoms with E-state index in [9.17, 15) is 14.7 Å². The minimum Gasteiger partial charge on any atom is -0.443 e. The van der Waals surface area contributed by atoms with Crippen LogP contribution in [0.5, 0.6) is 0 Å². The lowest BCUT2D eigenvalue weighted by molar-refractivity contribution is -0.274. The van der Waals surface area contributed by atoms with Crippen LogP contribution in [0.1, 0.15) is 146 Å². The van der Waals surface area contributed by atoms with Crippen molar-refractivity contribution in [2.24, 2.45) is 0 Å². The number of unbranched alkanes of at least 4 members (excludes halogenated alkanes) is 11. The van der Waals surface area contributed by atoms with Gasteiger partial charge in [0.2, 0.25) is 0 Å². The SMILES string of the molecule is CCCCCCCCCCCCCC[C@@H](O)[C@H]1OC(=O)N(C(=O)OC(C)(C)C)[C@H]1CC[C@H]1O[C@H](COCc2ccccc2)[C@H](OCc2ccccc2)[C@H](OCc2ccccc2)[C@H]1OCc1ccccc1. The van der Waals surface area contributed by atoms with Crippen molar-refractivity contribution in [1.82, 2.24) is 4.90 Å². The molecule has 0 aliphatic carbocycles. The van der Waals surface area contributed by atoms with Crippen molar-refractivity contribution < 1.29 is 47.9 Å². The van der Waals surface area contributed by atoms with Gasteiger partial charge < -0.3 is 38.3 Å². The third-order valence-electron chi connectivity index (χ3n) is 13.2. The van der Waals surface area contributed by atoms with Crippen molar-refractivity contribution in [2.75, 3.05) is 6.61 Å². The largest absolute Gasteiger partial charge is 0.443 e. The summed E-state index contributed by atoms with van der Waals surface area (Å²) in [6.07, 6.45) is 8.59. The molecule has 0 radical (unpaired) electrons. The number of aliphatic hydroxyl groups excluding tert-OH is 1. The maximum absolute atomic E-state index is 13.9. The van der Waals surface area contributed by atoms with Crippen LogP contribution in [0.4, 0.5) is 9.59 Å². The molecule has 2 amide bonds. The Balaban J connectivity index is 1.24. The number of nitrogens with zero attached hydrogens (tertiary/aromatic N) is 1. The molecule has 8 atom stereocenters. The van der Waals surface area contributed by atoms with Crippen molar-refractivity contribution in [3.05, 3.63) is 144 Å². The fraction of sp³-hybridized carbons (Fsp3) is 0.559. The summed E-state index contributed by atoms with van der Waals surface area (Å²) in [5.41, 5.74) is 3.12. The highest BCUT2D eigenvalue weighted by atomic mass is 16.6. The smallest absolute Gasteiger partial charge is 0.420 e. The van der Waals surface area contributed by atoms with Gasteiger partial charge in [-0.05, 0) is 62.3 Å². The molecule has 11 heteroatoms. The third kappa shape index (κ3) is 18.2. The summed E-state index contributed by atoms with van der Waals surface area (Å²) in [6.45, 7) is 8.95. The van der Waals surface area contributed by atoms with Crippen LogP contribution in [0, 0.1) is 0 Å². The second kappa shape index (κ2) is 29.7. The zero-order valence-corrected chi connectivity index (χ0v) is 42.4. The minimum atomic E-state index is -0.987. The normalized spacial score (nSPS) is 21.9. The first-order valence-electron chi connectivity index (χ1n) is 26.2. The predicted molar refractivity (Wildman–Crippen MR) is 273 cm³/mol. The number of hydrogen-bond donors (Lipinski definition) is 1. The van der Waals surface area contributed by atoms with Crippen LogP contribution in [-0.4, -0.2) is 83.2 Å². The van der Waals surface area contributed by atoms with E-state index in [0.717, 1.165) is 46.4 Å². The summed E-state index contributed by atoms with van der Waals surface area (Å²) in [7, 11) is 0. The lowest BCUT2D eigenvalue weighted by Gasteiger charge is -2.46. The van der Waals surface area contributed by atoms with E-state index in [1.54, 1.807) is 20.8 Å². The van der Waals surface area contributed by atoms with E-state index < -0.39 is 66.6 Å². The number of aliphatic hydroxyl groups is 1. The number of amides is 2. The van der Waals surface area contributed by atoms with E-state index in [1.807, 2.05) is 121 Å². The van der Waals surface area contributed by atoms with Crippen molar-refractivity contribution in [1.29, 1.82) is 0 Å². The standard InChI is InChI=1S/C59H81NO10/c1-5-6-7-8-9-10-11-12-13-14-15-28-37-50(61)53-49(60(57(62)69-53)58(63)70-59(2,3)4)38-39-51-54(65-41-46-31-22-17-23-32-46)56(67-43-48-35-26-19-27-36-48)55(66-42-47-33-24-18-25-34-47)52(68-51)44-64-40-45-29-20-16-21-30-45/h16-27,29-36,49-56,61H,5-15,28,37-44H2,1-4H3/t49-,50+,51+,52+,53-,54-,55-,56+/m0/s1. The van der Waals surface area contributed by atoms with E-state index in [0.29, 0.717) is 26.1 Å². The summed E-state index contributed by atoms with van der Waals surface area (Å²) < 4.78 is 46.1. The molecular weight excluding hydrogens is 883 g/mol. The first-order valence-corrected chi connectivity index (χ1v) is 26.2. The number of hydrogen-bond acceptors (Lipinski definition) is 10. The van der Waals surface area contributed by atoms with Gasteiger partial charge >= 0.3 is 12.2 Å². The Morgan fingerprint density at radius 3 is 1.49 bits per heavy atom. The fourth-order valence-electron chi connectivity index (χ4n) is 9.49. The average molecular weight is 964 g/mol. The maximum Gasteiger partial charge on any atom is 0.420 e. The van der Waals surface area contributed by atoms with Crippen LogP contribution in [0.3, 0.4) is 0 Å². The second-order valence-electron chi connectivity index (χ2n) is 20.1. The van der Waals surface area contributed by atoms with E-state index in [-0.39, 0.29) is 26.2 Å². The highest BCUT2D eigenvalue weighted by Gasteiger charge is 2.52. The molecule has 0 aromatic heterocycles. The van der Waals surface area contributed by atoms with Crippen LogP contribution in [0.25, 0.3) is 0 Å². The zero-order chi connectivity index (χ0) is 49.4. The van der Waals surface area contributed by atoms with Gasteiger partial charge in [-0.2, -0.15) is 0 Å². The fourth-order valence-corrected chi connectivity index (χ4v) is 9.49. The number of imide groups is 1. The zero-order valence-electron chi connectivity index (χ0n) is 42.4. The molecule has 0 saturated carbocycles. The molecule has 2 heterocycles. The molecule has 0 bridgehead atoms. The van der Waals surface area contributed by atoms with Gasteiger partial charge in [-0.15, -0.1) is 0 Å². The summed E-state index contributed by atoms with van der Waals surface area (Å²) in [5, 5.41) is 11.8. The molecule has 0 unspecified atom stereocenters. The van der Waals surface area contributed by atoms with Gasteiger partial charge in [0.05, 0.1) is 51.3 Å².